The minimum Gasteiger partial charge on any atom is -0.493 e. The van der Waals surface area contributed by atoms with Crippen LogP contribution in [0.3, 0.4) is 0 Å². The van der Waals surface area contributed by atoms with Crippen molar-refractivity contribution in [3.8, 4) is 11.6 Å². The van der Waals surface area contributed by atoms with Gasteiger partial charge in [-0.2, -0.15) is 0 Å². The van der Waals surface area contributed by atoms with Gasteiger partial charge in [0, 0.05) is 6.21 Å². The van der Waals surface area contributed by atoms with Crippen molar-refractivity contribution >= 4 is 11.9 Å². The zero-order chi connectivity index (χ0) is 18.0. The number of benzene rings is 2. The number of halogens is 1. The van der Waals surface area contributed by atoms with Gasteiger partial charge in [0.2, 0.25) is 5.88 Å². The summed E-state index contributed by atoms with van der Waals surface area (Å²) in [6.45, 7) is 1.89. The number of aromatic nitrogens is 2. The van der Waals surface area contributed by atoms with Crippen molar-refractivity contribution in [2.45, 2.75) is 6.92 Å². The molecule has 0 atom stereocenters. The molecular formula is C18H14FN3O3. The molecule has 2 N–H and O–H groups in total. The molecule has 0 spiro atoms. The van der Waals surface area contributed by atoms with E-state index in [1.807, 2.05) is 6.92 Å². The molecule has 2 aromatic carbocycles. The fourth-order valence-corrected chi connectivity index (χ4v) is 2.25. The Morgan fingerprint density at radius 2 is 1.72 bits per heavy atom. The Kier molecular flexibility index (Phi) is 4.30. The number of H-pyrrole nitrogens is 1. The molecule has 3 aromatic rings. The minimum atomic E-state index is -0.767. The van der Waals surface area contributed by atoms with E-state index in [-0.39, 0.29) is 5.56 Å². The maximum absolute atomic E-state index is 12.9. The number of aromatic hydroxyl groups is 1. The fraction of sp³-hybridized carbons (Fsp3) is 0.0556. The number of hydrogen-bond donors (Lipinski definition) is 2. The molecule has 0 amide bonds. The Labute approximate surface area is 141 Å². The summed E-state index contributed by atoms with van der Waals surface area (Å²) in [6.07, 6.45) is 1.13. The summed E-state index contributed by atoms with van der Waals surface area (Å²) in [5.74, 6) is -0.934. The van der Waals surface area contributed by atoms with Gasteiger partial charge < -0.3 is 5.11 Å². The van der Waals surface area contributed by atoms with Crippen LogP contribution in [0.15, 0.2) is 63.1 Å². The molecule has 0 unspecified atom stereocenters. The van der Waals surface area contributed by atoms with Crippen LogP contribution >= 0.6 is 0 Å². The predicted molar refractivity (Wildman–Crippen MR) is 92.7 cm³/mol. The van der Waals surface area contributed by atoms with Gasteiger partial charge in [-0.1, -0.05) is 17.7 Å². The summed E-state index contributed by atoms with van der Waals surface area (Å²) in [4.78, 5) is 30.2. The number of rotatable bonds is 3. The third-order valence-electron chi connectivity index (χ3n) is 3.58. The SMILES string of the molecule is Cc1ccc(-n2c(O)c(C=Nc3ccc(F)cc3)c(=O)[nH]c2=O)cc1. The van der Waals surface area contributed by atoms with Gasteiger partial charge in [-0.3, -0.25) is 14.8 Å². The molecule has 7 heteroatoms. The van der Waals surface area contributed by atoms with Crippen LogP contribution in [-0.4, -0.2) is 20.9 Å². The first-order chi connectivity index (χ1) is 12.0. The van der Waals surface area contributed by atoms with E-state index in [4.69, 9.17) is 0 Å². The van der Waals surface area contributed by atoms with E-state index in [0.29, 0.717) is 11.4 Å². The second kappa shape index (κ2) is 6.56. The van der Waals surface area contributed by atoms with Gasteiger partial charge in [-0.15, -0.1) is 0 Å². The van der Waals surface area contributed by atoms with E-state index >= 15 is 0 Å². The van der Waals surface area contributed by atoms with Crippen molar-refractivity contribution in [3.63, 3.8) is 0 Å². The van der Waals surface area contributed by atoms with Gasteiger partial charge in [-0.25, -0.2) is 13.8 Å². The summed E-state index contributed by atoms with van der Waals surface area (Å²) in [5, 5.41) is 10.4. The van der Waals surface area contributed by atoms with Crippen LogP contribution in [0.25, 0.3) is 5.69 Å². The summed E-state index contributed by atoms with van der Waals surface area (Å²) >= 11 is 0. The topological polar surface area (TPSA) is 87.4 Å². The van der Waals surface area contributed by atoms with Gasteiger partial charge in [0.1, 0.15) is 11.4 Å². The largest absolute Gasteiger partial charge is 0.493 e. The Morgan fingerprint density at radius 3 is 2.36 bits per heavy atom. The first-order valence-corrected chi connectivity index (χ1v) is 7.40. The lowest BCUT2D eigenvalue weighted by Crippen LogP contribution is -2.31. The maximum Gasteiger partial charge on any atom is 0.335 e. The zero-order valence-corrected chi connectivity index (χ0v) is 13.2. The van der Waals surface area contributed by atoms with Gasteiger partial charge in [-0.05, 0) is 43.3 Å². The van der Waals surface area contributed by atoms with Crippen molar-refractivity contribution in [2.24, 2.45) is 4.99 Å². The van der Waals surface area contributed by atoms with Crippen molar-refractivity contribution in [1.82, 2.24) is 9.55 Å². The Morgan fingerprint density at radius 1 is 1.08 bits per heavy atom. The molecule has 1 heterocycles. The van der Waals surface area contributed by atoms with E-state index in [2.05, 4.69) is 9.98 Å². The monoisotopic (exact) mass is 339 g/mol. The van der Waals surface area contributed by atoms with Crippen LogP contribution in [-0.2, 0) is 0 Å². The number of aromatic amines is 1. The molecule has 126 valence electrons. The highest BCUT2D eigenvalue weighted by molar-refractivity contribution is 5.84. The molecule has 0 bridgehead atoms. The Bertz CT molecular complexity index is 1050. The standard InChI is InChI=1S/C18H14FN3O3/c1-11-2-8-14(9-3-11)22-17(24)15(16(23)21-18(22)25)10-20-13-6-4-12(19)5-7-13/h2-10,24H,1H3,(H,21,23,25). The molecule has 1 aromatic heterocycles. The Hall–Kier alpha value is -3.48. The minimum absolute atomic E-state index is 0.176. The van der Waals surface area contributed by atoms with E-state index in [1.54, 1.807) is 24.3 Å². The maximum atomic E-state index is 12.9. The van der Waals surface area contributed by atoms with E-state index < -0.39 is 22.9 Å². The average Bonchev–Trinajstić information content (AvgIpc) is 2.57. The summed E-state index contributed by atoms with van der Waals surface area (Å²) < 4.78 is 13.9. The number of hydrogen-bond acceptors (Lipinski definition) is 4. The smallest absolute Gasteiger partial charge is 0.335 e. The first-order valence-electron chi connectivity index (χ1n) is 7.40. The molecule has 3 rings (SSSR count). The number of nitrogens with one attached hydrogen (secondary N) is 1. The van der Waals surface area contributed by atoms with E-state index in [0.717, 1.165) is 16.3 Å². The average molecular weight is 339 g/mol. The normalized spacial score (nSPS) is 11.1. The third kappa shape index (κ3) is 3.40. The lowest BCUT2D eigenvalue weighted by atomic mass is 10.2. The third-order valence-corrected chi connectivity index (χ3v) is 3.58. The van der Waals surface area contributed by atoms with Crippen LogP contribution < -0.4 is 11.2 Å². The number of aryl methyl sites for hydroxylation is 1. The second-order valence-electron chi connectivity index (χ2n) is 5.40. The highest BCUT2D eigenvalue weighted by Gasteiger charge is 2.14. The fourth-order valence-electron chi connectivity index (χ4n) is 2.25. The molecule has 25 heavy (non-hydrogen) atoms. The van der Waals surface area contributed by atoms with E-state index in [9.17, 15) is 19.1 Å². The first kappa shape index (κ1) is 16.4. The lowest BCUT2D eigenvalue weighted by molar-refractivity contribution is 0.430. The second-order valence-corrected chi connectivity index (χ2v) is 5.40. The summed E-state index contributed by atoms with van der Waals surface area (Å²) in [5.41, 5.74) is 0.0828. The lowest BCUT2D eigenvalue weighted by Gasteiger charge is -2.09. The van der Waals surface area contributed by atoms with Gasteiger partial charge in [0.05, 0.1) is 11.4 Å². The molecule has 0 aliphatic carbocycles. The zero-order valence-electron chi connectivity index (χ0n) is 13.2. The Balaban J connectivity index is 2.10. The highest BCUT2D eigenvalue weighted by atomic mass is 19.1. The molecule has 0 radical (unpaired) electrons. The van der Waals surface area contributed by atoms with Crippen LogP contribution in [0, 0.1) is 12.7 Å². The van der Waals surface area contributed by atoms with Crippen molar-refractivity contribution in [3.05, 3.63) is 86.3 Å². The summed E-state index contributed by atoms with van der Waals surface area (Å²) in [7, 11) is 0. The predicted octanol–water partition coefficient (Wildman–Crippen LogP) is 2.43. The molecule has 0 aliphatic rings. The number of nitrogens with zero attached hydrogens (tertiary/aromatic N) is 2. The van der Waals surface area contributed by atoms with Crippen LogP contribution in [0.4, 0.5) is 10.1 Å². The quantitative estimate of drug-likeness (QED) is 0.719. The molecule has 6 nitrogen and oxygen atoms in total. The highest BCUT2D eigenvalue weighted by Crippen LogP contribution is 2.17. The van der Waals surface area contributed by atoms with Gasteiger partial charge in [0.15, 0.2) is 0 Å². The van der Waals surface area contributed by atoms with Gasteiger partial charge in [0.25, 0.3) is 5.56 Å². The van der Waals surface area contributed by atoms with Crippen LogP contribution in [0.1, 0.15) is 11.1 Å². The molecule has 0 saturated heterocycles. The van der Waals surface area contributed by atoms with E-state index in [1.165, 1.54) is 24.3 Å². The molecule has 0 fully saturated rings. The van der Waals surface area contributed by atoms with Crippen molar-refractivity contribution in [2.75, 3.05) is 0 Å². The molecule has 0 aliphatic heterocycles. The van der Waals surface area contributed by atoms with Crippen molar-refractivity contribution < 1.29 is 9.50 Å². The van der Waals surface area contributed by atoms with Crippen molar-refractivity contribution in [1.29, 1.82) is 0 Å². The number of aliphatic imine (C=N–C) groups is 1. The van der Waals surface area contributed by atoms with Crippen LogP contribution in [0.5, 0.6) is 5.88 Å². The molecular weight excluding hydrogens is 325 g/mol. The van der Waals surface area contributed by atoms with Gasteiger partial charge >= 0.3 is 5.69 Å². The summed E-state index contributed by atoms with van der Waals surface area (Å²) in [6, 6.07) is 12.1. The van der Waals surface area contributed by atoms with Crippen LogP contribution in [0.2, 0.25) is 0 Å². The molecule has 0 saturated carbocycles.